The number of anilines is 1. The van der Waals surface area contributed by atoms with Crippen LogP contribution in [0.4, 0.5) is 5.13 Å². The van der Waals surface area contributed by atoms with Gasteiger partial charge in [0.15, 0.2) is 5.13 Å². The molecule has 1 aromatic carbocycles. The summed E-state index contributed by atoms with van der Waals surface area (Å²) in [6.45, 7) is 0. The van der Waals surface area contributed by atoms with Crippen LogP contribution in [0.3, 0.4) is 0 Å². The predicted molar refractivity (Wildman–Crippen MR) is 125 cm³/mol. The van der Waals surface area contributed by atoms with Crippen molar-refractivity contribution in [3.05, 3.63) is 44.9 Å². The molecule has 0 bridgehead atoms. The lowest BCUT2D eigenvalue weighted by molar-refractivity contribution is -0.118. The molecule has 0 radical (unpaired) electrons. The van der Waals surface area contributed by atoms with E-state index < -0.39 is 6.04 Å². The summed E-state index contributed by atoms with van der Waals surface area (Å²) in [6.07, 6.45) is 9.42. The fourth-order valence-corrected chi connectivity index (χ4v) is 5.33. The summed E-state index contributed by atoms with van der Waals surface area (Å²) in [7, 11) is 0. The quantitative estimate of drug-likeness (QED) is 0.563. The molecule has 1 aliphatic carbocycles. The Morgan fingerprint density at radius 1 is 1.21 bits per heavy atom. The Bertz CT molecular complexity index is 831. The van der Waals surface area contributed by atoms with Gasteiger partial charge in [-0.25, -0.2) is 4.98 Å². The minimum absolute atomic E-state index is 0.207. The number of hydrogen-bond acceptors (Lipinski definition) is 5. The maximum absolute atomic E-state index is 12.9. The van der Waals surface area contributed by atoms with Gasteiger partial charge in [0, 0.05) is 9.35 Å². The number of nitrogens with one attached hydrogen (secondary N) is 2. The van der Waals surface area contributed by atoms with Gasteiger partial charge in [-0.2, -0.15) is 11.8 Å². The van der Waals surface area contributed by atoms with Crippen LogP contribution in [0.2, 0.25) is 0 Å². The molecular weight excluding hydrogens is 470 g/mol. The Hall–Kier alpha value is -1.38. The van der Waals surface area contributed by atoms with Crippen LogP contribution in [-0.4, -0.2) is 34.8 Å². The first kappa shape index (κ1) is 22.3. The third-order valence-corrected chi connectivity index (χ3v) is 7.34. The molecule has 1 aromatic heterocycles. The van der Waals surface area contributed by atoms with E-state index in [-0.39, 0.29) is 11.8 Å². The van der Waals surface area contributed by atoms with Crippen molar-refractivity contribution >= 4 is 56.0 Å². The van der Waals surface area contributed by atoms with Crippen molar-refractivity contribution in [1.82, 2.24) is 10.3 Å². The normalized spacial score (nSPS) is 15.0. The molecule has 29 heavy (non-hydrogen) atoms. The highest BCUT2D eigenvalue weighted by molar-refractivity contribution is 9.10. The topological polar surface area (TPSA) is 71.1 Å². The molecule has 1 aliphatic rings. The van der Waals surface area contributed by atoms with E-state index in [1.807, 2.05) is 24.5 Å². The van der Waals surface area contributed by atoms with Gasteiger partial charge >= 0.3 is 0 Å². The zero-order valence-corrected chi connectivity index (χ0v) is 19.7. The van der Waals surface area contributed by atoms with Gasteiger partial charge in [0.2, 0.25) is 5.91 Å². The number of carbonyl (C=O) groups is 2. The molecule has 2 N–H and O–H groups in total. The van der Waals surface area contributed by atoms with Crippen molar-refractivity contribution in [2.24, 2.45) is 0 Å². The molecule has 0 saturated heterocycles. The number of thioether (sulfide) groups is 1. The largest absolute Gasteiger partial charge is 0.340 e. The number of aromatic nitrogens is 1. The van der Waals surface area contributed by atoms with E-state index >= 15 is 0 Å². The lowest BCUT2D eigenvalue weighted by atomic mass is 10.0. The lowest BCUT2D eigenvalue weighted by Gasteiger charge is -2.18. The number of nitrogens with zero attached hydrogens (tertiary/aromatic N) is 1. The second-order valence-electron chi connectivity index (χ2n) is 7.08. The van der Waals surface area contributed by atoms with Crippen molar-refractivity contribution < 1.29 is 9.59 Å². The fourth-order valence-electron chi connectivity index (χ4n) is 3.34. The van der Waals surface area contributed by atoms with E-state index in [0.717, 1.165) is 30.7 Å². The highest BCUT2D eigenvalue weighted by Gasteiger charge is 2.24. The number of carbonyl (C=O) groups excluding carboxylic acids is 2. The van der Waals surface area contributed by atoms with Crippen LogP contribution in [0.1, 0.15) is 53.0 Å². The van der Waals surface area contributed by atoms with Gasteiger partial charge in [-0.1, -0.05) is 25.0 Å². The first-order chi connectivity index (χ1) is 14.1. The number of benzene rings is 1. The summed E-state index contributed by atoms with van der Waals surface area (Å²) in [6, 6.07) is 6.62. The summed E-state index contributed by atoms with van der Waals surface area (Å²) < 4.78 is 0.709. The zero-order chi connectivity index (χ0) is 20.6. The number of fused-ring (bicyclic) bond motifs is 1. The van der Waals surface area contributed by atoms with Gasteiger partial charge in [-0.15, -0.1) is 11.3 Å². The Labute approximate surface area is 188 Å². The van der Waals surface area contributed by atoms with Crippen LogP contribution >= 0.6 is 39.0 Å². The molecule has 0 spiro atoms. The van der Waals surface area contributed by atoms with E-state index in [2.05, 4.69) is 31.5 Å². The average Bonchev–Trinajstić information content (AvgIpc) is 3.05. The number of aryl methyl sites for hydroxylation is 2. The minimum Gasteiger partial charge on any atom is -0.340 e. The summed E-state index contributed by atoms with van der Waals surface area (Å²) in [5.41, 5.74) is 1.65. The molecule has 5 nitrogen and oxygen atoms in total. The standard InChI is InChI=1S/C21H26BrN3O2S2/c1-28-13-12-17(23-19(26)14-8-6-7-9-15(14)22)20(27)25-21-24-16-10-4-2-3-5-11-18(16)29-21/h6-9,17H,2-5,10-13H2,1H3,(H,23,26)(H,24,25,27). The van der Waals surface area contributed by atoms with E-state index in [4.69, 9.17) is 0 Å². The first-order valence-electron chi connectivity index (χ1n) is 9.92. The van der Waals surface area contributed by atoms with E-state index in [9.17, 15) is 9.59 Å². The second kappa shape index (κ2) is 11.1. The average molecular weight is 496 g/mol. The van der Waals surface area contributed by atoms with Gasteiger partial charge in [0.25, 0.3) is 5.91 Å². The maximum Gasteiger partial charge on any atom is 0.253 e. The van der Waals surface area contributed by atoms with E-state index in [0.29, 0.717) is 21.6 Å². The van der Waals surface area contributed by atoms with Crippen molar-refractivity contribution in [1.29, 1.82) is 0 Å². The molecule has 1 heterocycles. The summed E-state index contributed by atoms with van der Waals surface area (Å²) in [4.78, 5) is 31.6. The van der Waals surface area contributed by atoms with Crippen LogP contribution in [0, 0.1) is 0 Å². The molecule has 1 unspecified atom stereocenters. The molecule has 0 fully saturated rings. The van der Waals surface area contributed by atoms with Crippen molar-refractivity contribution in [2.75, 3.05) is 17.3 Å². The number of amides is 2. The third-order valence-electron chi connectivity index (χ3n) is 4.93. The molecule has 3 rings (SSSR count). The number of thiazole rings is 1. The molecule has 156 valence electrons. The predicted octanol–water partition coefficient (Wildman–Crippen LogP) is 5.05. The Kier molecular flexibility index (Phi) is 8.56. The van der Waals surface area contributed by atoms with Gasteiger partial charge in [-0.05, 0) is 72.2 Å². The van der Waals surface area contributed by atoms with Crippen LogP contribution in [0.5, 0.6) is 0 Å². The van der Waals surface area contributed by atoms with Crippen molar-refractivity contribution in [2.45, 2.75) is 51.0 Å². The van der Waals surface area contributed by atoms with E-state index in [1.165, 1.54) is 24.1 Å². The maximum atomic E-state index is 12.9. The molecule has 0 aliphatic heterocycles. The number of halogens is 1. The van der Waals surface area contributed by atoms with Gasteiger partial charge in [0.05, 0.1) is 11.3 Å². The molecular formula is C21H26BrN3O2S2. The number of hydrogen-bond donors (Lipinski definition) is 2. The second-order valence-corrected chi connectivity index (χ2v) is 10.0. The smallest absolute Gasteiger partial charge is 0.253 e. The summed E-state index contributed by atoms with van der Waals surface area (Å²) >= 11 is 6.63. The number of rotatable bonds is 7. The van der Waals surface area contributed by atoms with Gasteiger partial charge in [-0.3, -0.25) is 9.59 Å². The van der Waals surface area contributed by atoms with Crippen LogP contribution in [0.25, 0.3) is 0 Å². The zero-order valence-electron chi connectivity index (χ0n) is 16.5. The van der Waals surface area contributed by atoms with Crippen LogP contribution in [0.15, 0.2) is 28.7 Å². The molecule has 2 aromatic rings. The third kappa shape index (κ3) is 6.30. The van der Waals surface area contributed by atoms with Gasteiger partial charge < -0.3 is 10.6 Å². The highest BCUT2D eigenvalue weighted by atomic mass is 79.9. The Balaban J connectivity index is 1.69. The molecule has 8 heteroatoms. The lowest BCUT2D eigenvalue weighted by Crippen LogP contribution is -2.44. The monoisotopic (exact) mass is 495 g/mol. The van der Waals surface area contributed by atoms with Crippen molar-refractivity contribution in [3.8, 4) is 0 Å². The highest BCUT2D eigenvalue weighted by Crippen LogP contribution is 2.28. The van der Waals surface area contributed by atoms with Crippen LogP contribution in [-0.2, 0) is 17.6 Å². The minimum atomic E-state index is -0.603. The SMILES string of the molecule is CSCCC(NC(=O)c1ccccc1Br)C(=O)Nc1nc2c(s1)CCCCCC2. The van der Waals surface area contributed by atoms with Crippen molar-refractivity contribution in [3.63, 3.8) is 0 Å². The molecule has 1 atom stereocenters. The fraction of sp³-hybridized carbons (Fsp3) is 0.476. The van der Waals surface area contributed by atoms with Gasteiger partial charge in [0.1, 0.15) is 6.04 Å². The first-order valence-corrected chi connectivity index (χ1v) is 12.9. The van der Waals surface area contributed by atoms with E-state index in [1.54, 1.807) is 29.2 Å². The Morgan fingerprint density at radius 3 is 2.72 bits per heavy atom. The Morgan fingerprint density at radius 2 is 1.97 bits per heavy atom. The molecule has 2 amide bonds. The summed E-state index contributed by atoms with van der Waals surface area (Å²) in [5, 5.41) is 6.49. The van der Waals surface area contributed by atoms with Crippen LogP contribution < -0.4 is 10.6 Å². The summed E-state index contributed by atoms with van der Waals surface area (Å²) in [5.74, 6) is 0.314. The molecule has 0 saturated carbocycles.